The van der Waals surface area contributed by atoms with Crippen LogP contribution in [-0.4, -0.2) is 57.4 Å². The fourth-order valence-electron chi connectivity index (χ4n) is 2.87. The second-order valence-electron chi connectivity index (χ2n) is 8.68. The van der Waals surface area contributed by atoms with E-state index >= 15 is 0 Å². The molecule has 0 aliphatic rings. The Morgan fingerprint density at radius 2 is 1.91 bits per heavy atom. The molecule has 184 valence electrons. The number of ether oxygens (including phenoxy) is 2. The van der Waals surface area contributed by atoms with Gasteiger partial charge in [0.05, 0.1) is 30.2 Å². The molecule has 0 aliphatic heterocycles. The molecule has 0 saturated heterocycles. The van der Waals surface area contributed by atoms with Crippen LogP contribution in [0.5, 0.6) is 0 Å². The van der Waals surface area contributed by atoms with Gasteiger partial charge in [0, 0.05) is 19.6 Å². The van der Waals surface area contributed by atoms with Gasteiger partial charge in [-0.25, -0.2) is 4.79 Å². The standard InChI is InChI=1S/C24H36N2O6S/c1-6-17-30-18-9-10-21(32-33(28,29)22-13-11-20(2)12-14-22)19-26(16-8-7-15-25)23(27)31-24(3,4)5/h6,11-14,21H,1,7-10,16-19H2,2-5H3. The van der Waals surface area contributed by atoms with E-state index in [-0.39, 0.29) is 24.4 Å². The van der Waals surface area contributed by atoms with Crippen LogP contribution in [0.25, 0.3) is 0 Å². The van der Waals surface area contributed by atoms with Crippen LogP contribution in [0, 0.1) is 18.3 Å². The van der Waals surface area contributed by atoms with E-state index in [2.05, 4.69) is 12.6 Å². The van der Waals surface area contributed by atoms with Crippen molar-refractivity contribution in [3.63, 3.8) is 0 Å². The van der Waals surface area contributed by atoms with E-state index in [1.165, 1.54) is 17.0 Å². The molecule has 0 spiro atoms. The molecule has 0 aliphatic carbocycles. The highest BCUT2D eigenvalue weighted by atomic mass is 32.2. The van der Waals surface area contributed by atoms with Gasteiger partial charge in [-0.05, 0) is 59.1 Å². The van der Waals surface area contributed by atoms with Crippen molar-refractivity contribution < 1.29 is 26.9 Å². The summed E-state index contributed by atoms with van der Waals surface area (Å²) in [5.41, 5.74) is 0.214. The van der Waals surface area contributed by atoms with Gasteiger partial charge in [0.25, 0.3) is 10.1 Å². The highest BCUT2D eigenvalue weighted by molar-refractivity contribution is 7.86. The molecule has 1 aromatic rings. The lowest BCUT2D eigenvalue weighted by Gasteiger charge is -2.30. The molecule has 1 unspecified atom stereocenters. The number of nitrogens with zero attached hydrogens (tertiary/aromatic N) is 2. The fraction of sp³-hybridized carbons (Fsp3) is 0.583. The van der Waals surface area contributed by atoms with E-state index in [4.69, 9.17) is 18.9 Å². The number of nitriles is 1. The normalized spacial score (nSPS) is 12.6. The van der Waals surface area contributed by atoms with Crippen LogP contribution >= 0.6 is 0 Å². The van der Waals surface area contributed by atoms with Crippen molar-refractivity contribution in [2.24, 2.45) is 0 Å². The molecule has 8 nitrogen and oxygen atoms in total. The number of rotatable bonds is 14. The van der Waals surface area contributed by atoms with Gasteiger partial charge < -0.3 is 14.4 Å². The highest BCUT2D eigenvalue weighted by Crippen LogP contribution is 2.19. The number of hydrogen-bond acceptors (Lipinski definition) is 7. The Hall–Kier alpha value is -2.41. The molecule has 0 bridgehead atoms. The van der Waals surface area contributed by atoms with Gasteiger partial charge in [-0.1, -0.05) is 23.8 Å². The minimum Gasteiger partial charge on any atom is -0.444 e. The van der Waals surface area contributed by atoms with Gasteiger partial charge in [-0.3, -0.25) is 4.18 Å². The second-order valence-corrected chi connectivity index (χ2v) is 10.3. The van der Waals surface area contributed by atoms with Crippen LogP contribution in [0.2, 0.25) is 0 Å². The maximum absolute atomic E-state index is 12.9. The Morgan fingerprint density at radius 3 is 2.48 bits per heavy atom. The SMILES string of the molecule is C=CCOCCCC(CN(CCCC#N)C(=O)OC(C)(C)C)OS(=O)(=O)c1ccc(C)cc1. The van der Waals surface area contributed by atoms with Crippen LogP contribution in [0.1, 0.15) is 52.0 Å². The third-order valence-electron chi connectivity index (χ3n) is 4.42. The Morgan fingerprint density at radius 1 is 1.24 bits per heavy atom. The lowest BCUT2D eigenvalue weighted by Crippen LogP contribution is -2.42. The minimum absolute atomic E-state index is 0.00684. The topological polar surface area (TPSA) is 106 Å². The number of amides is 1. The first-order valence-corrected chi connectivity index (χ1v) is 12.4. The summed E-state index contributed by atoms with van der Waals surface area (Å²) in [5, 5.41) is 8.86. The highest BCUT2D eigenvalue weighted by Gasteiger charge is 2.28. The first kappa shape index (κ1) is 28.6. The monoisotopic (exact) mass is 480 g/mol. The zero-order valence-electron chi connectivity index (χ0n) is 20.1. The lowest BCUT2D eigenvalue weighted by molar-refractivity contribution is 0.0158. The average molecular weight is 481 g/mol. The molecule has 0 N–H and O–H groups in total. The van der Waals surface area contributed by atoms with Crippen LogP contribution in [-0.2, 0) is 23.8 Å². The number of unbranched alkanes of at least 4 members (excludes halogenated alkanes) is 1. The van der Waals surface area contributed by atoms with Crippen molar-refractivity contribution >= 4 is 16.2 Å². The maximum atomic E-state index is 12.9. The Bertz CT molecular complexity index is 885. The first-order valence-electron chi connectivity index (χ1n) is 11.0. The summed E-state index contributed by atoms with van der Waals surface area (Å²) in [6.45, 7) is 11.8. The Balaban J connectivity index is 3.03. The van der Waals surface area contributed by atoms with Crippen LogP contribution in [0.15, 0.2) is 41.8 Å². The Kier molecular flexibility index (Phi) is 12.1. The first-order chi connectivity index (χ1) is 15.5. The van der Waals surface area contributed by atoms with Crippen molar-refractivity contribution in [2.75, 3.05) is 26.3 Å². The quantitative estimate of drug-likeness (QED) is 0.218. The Labute approximate surface area is 198 Å². The predicted octanol–water partition coefficient (Wildman–Crippen LogP) is 4.59. The van der Waals surface area contributed by atoms with Crippen molar-refractivity contribution in [1.29, 1.82) is 5.26 Å². The van der Waals surface area contributed by atoms with E-state index in [9.17, 15) is 13.2 Å². The van der Waals surface area contributed by atoms with E-state index < -0.39 is 27.9 Å². The summed E-state index contributed by atoms with van der Waals surface area (Å²) in [4.78, 5) is 14.2. The molecule has 0 radical (unpaired) electrons. The largest absolute Gasteiger partial charge is 0.444 e. The number of carbonyl (C=O) groups excluding carboxylic acids is 1. The van der Waals surface area contributed by atoms with E-state index in [1.54, 1.807) is 39.0 Å². The summed E-state index contributed by atoms with van der Waals surface area (Å²) in [6, 6.07) is 8.43. The van der Waals surface area contributed by atoms with Gasteiger partial charge in [0.1, 0.15) is 5.60 Å². The van der Waals surface area contributed by atoms with Crippen molar-refractivity contribution in [3.8, 4) is 6.07 Å². The summed E-state index contributed by atoms with van der Waals surface area (Å²) >= 11 is 0. The molecule has 0 saturated carbocycles. The fourth-order valence-corrected chi connectivity index (χ4v) is 3.96. The summed E-state index contributed by atoms with van der Waals surface area (Å²) in [5.74, 6) is 0. The summed E-state index contributed by atoms with van der Waals surface area (Å²) < 4.78 is 42.2. The van der Waals surface area contributed by atoms with Crippen molar-refractivity contribution in [1.82, 2.24) is 4.90 Å². The van der Waals surface area contributed by atoms with Crippen molar-refractivity contribution in [3.05, 3.63) is 42.5 Å². The van der Waals surface area contributed by atoms with E-state index in [0.717, 1.165) is 5.56 Å². The molecule has 9 heteroatoms. The van der Waals surface area contributed by atoms with Gasteiger partial charge in [-0.2, -0.15) is 13.7 Å². The number of aryl methyl sites for hydroxylation is 1. The molecule has 0 fully saturated rings. The van der Waals surface area contributed by atoms with Crippen LogP contribution in [0.4, 0.5) is 4.79 Å². The molecule has 0 heterocycles. The molecule has 1 aromatic carbocycles. The van der Waals surface area contributed by atoms with Gasteiger partial charge in [-0.15, -0.1) is 6.58 Å². The molecule has 1 rings (SSSR count). The third-order valence-corrected chi connectivity index (χ3v) is 5.79. The van der Waals surface area contributed by atoms with Crippen LogP contribution in [0.3, 0.4) is 0 Å². The van der Waals surface area contributed by atoms with Gasteiger partial charge in [0.2, 0.25) is 0 Å². The average Bonchev–Trinajstić information content (AvgIpc) is 2.71. The van der Waals surface area contributed by atoms with E-state index in [1.807, 2.05) is 6.92 Å². The third kappa shape index (κ3) is 11.9. The van der Waals surface area contributed by atoms with Crippen molar-refractivity contribution in [2.45, 2.75) is 70.0 Å². The van der Waals surface area contributed by atoms with E-state index in [0.29, 0.717) is 32.5 Å². The maximum Gasteiger partial charge on any atom is 0.410 e. The van der Waals surface area contributed by atoms with Gasteiger partial charge >= 0.3 is 6.09 Å². The molecule has 0 aromatic heterocycles. The number of hydrogen-bond donors (Lipinski definition) is 0. The molecule has 1 amide bonds. The lowest BCUT2D eigenvalue weighted by atomic mass is 10.2. The minimum atomic E-state index is -4.04. The second kappa shape index (κ2) is 14.0. The molecular weight excluding hydrogens is 444 g/mol. The molecule has 1 atom stereocenters. The number of carbonyl (C=O) groups is 1. The molecular formula is C24H36N2O6S. The summed E-state index contributed by atoms with van der Waals surface area (Å²) in [7, 11) is -4.04. The summed E-state index contributed by atoms with van der Waals surface area (Å²) in [6.07, 6.45) is 1.83. The zero-order chi connectivity index (χ0) is 24.9. The predicted molar refractivity (Wildman–Crippen MR) is 126 cm³/mol. The smallest absolute Gasteiger partial charge is 0.410 e. The van der Waals surface area contributed by atoms with Crippen LogP contribution < -0.4 is 0 Å². The number of benzene rings is 1. The van der Waals surface area contributed by atoms with Gasteiger partial charge in [0.15, 0.2) is 0 Å². The molecule has 33 heavy (non-hydrogen) atoms. The zero-order valence-corrected chi connectivity index (χ0v) is 20.9.